The molecule has 0 radical (unpaired) electrons. The number of benzene rings is 1. The average Bonchev–Trinajstić information content (AvgIpc) is 2.59. The Morgan fingerprint density at radius 3 is 2.83 bits per heavy atom. The highest BCUT2D eigenvalue weighted by Crippen LogP contribution is 2.20. The molecule has 1 aromatic carbocycles. The summed E-state index contributed by atoms with van der Waals surface area (Å²) >= 11 is 0. The van der Waals surface area contributed by atoms with Gasteiger partial charge in [-0.05, 0) is 37.5 Å². The molecule has 2 heterocycles. The molecule has 0 saturated carbocycles. The molecule has 1 atom stereocenters. The topological polar surface area (TPSA) is 75.0 Å². The van der Waals surface area contributed by atoms with Crippen LogP contribution in [0.1, 0.15) is 29.5 Å². The number of aromatic nitrogens is 1. The lowest BCUT2D eigenvalue weighted by molar-refractivity contribution is 0.495. The fourth-order valence-electron chi connectivity index (χ4n) is 3.26. The van der Waals surface area contributed by atoms with Gasteiger partial charge in [0.15, 0.2) is 0 Å². The van der Waals surface area contributed by atoms with Crippen LogP contribution in [0.5, 0.6) is 0 Å². The van der Waals surface area contributed by atoms with Crippen molar-refractivity contribution in [2.75, 3.05) is 18.0 Å². The highest BCUT2D eigenvalue weighted by Gasteiger charge is 2.20. The Labute approximate surface area is 141 Å². The SMILES string of the molecule is Cc1ccc(N2CCC[C@@H](N)C2)n(Cc2ccccc2C#N)c1=O. The molecule has 1 fully saturated rings. The summed E-state index contributed by atoms with van der Waals surface area (Å²) in [4.78, 5) is 14.9. The quantitative estimate of drug-likeness (QED) is 0.938. The molecular weight excluding hydrogens is 300 g/mol. The maximum Gasteiger partial charge on any atom is 0.255 e. The van der Waals surface area contributed by atoms with Crippen LogP contribution in [0.3, 0.4) is 0 Å². The van der Waals surface area contributed by atoms with Gasteiger partial charge >= 0.3 is 0 Å². The van der Waals surface area contributed by atoms with Crippen LogP contribution in [-0.2, 0) is 6.54 Å². The van der Waals surface area contributed by atoms with Gasteiger partial charge in [0.2, 0.25) is 0 Å². The van der Waals surface area contributed by atoms with Gasteiger partial charge in [0, 0.05) is 24.7 Å². The second-order valence-electron chi connectivity index (χ2n) is 6.38. The maximum atomic E-state index is 12.7. The van der Waals surface area contributed by atoms with Gasteiger partial charge in [-0.15, -0.1) is 0 Å². The highest BCUT2D eigenvalue weighted by molar-refractivity contribution is 5.44. The van der Waals surface area contributed by atoms with Crippen molar-refractivity contribution in [3.63, 3.8) is 0 Å². The minimum atomic E-state index is -0.0145. The predicted molar refractivity (Wildman–Crippen MR) is 95.1 cm³/mol. The Kier molecular flexibility index (Phi) is 4.68. The van der Waals surface area contributed by atoms with E-state index >= 15 is 0 Å². The first-order valence-electron chi connectivity index (χ1n) is 8.29. The number of anilines is 1. The van der Waals surface area contributed by atoms with Gasteiger partial charge in [-0.1, -0.05) is 24.3 Å². The summed E-state index contributed by atoms with van der Waals surface area (Å²) in [5, 5.41) is 9.31. The van der Waals surface area contributed by atoms with E-state index in [1.54, 1.807) is 10.6 Å². The fraction of sp³-hybridized carbons (Fsp3) is 0.368. The zero-order valence-electron chi connectivity index (χ0n) is 13.9. The van der Waals surface area contributed by atoms with Gasteiger partial charge in [0.05, 0.1) is 18.2 Å². The molecule has 0 bridgehead atoms. The van der Waals surface area contributed by atoms with Crippen LogP contribution >= 0.6 is 0 Å². The number of aryl methyl sites for hydroxylation is 1. The second-order valence-corrected chi connectivity index (χ2v) is 6.38. The number of hydrogen-bond donors (Lipinski definition) is 1. The molecule has 1 aliphatic rings. The molecular formula is C19H22N4O. The van der Waals surface area contributed by atoms with E-state index in [0.717, 1.165) is 37.3 Å². The van der Waals surface area contributed by atoms with Crippen LogP contribution in [0.2, 0.25) is 0 Å². The molecule has 5 heteroatoms. The Balaban J connectivity index is 2.04. The van der Waals surface area contributed by atoms with E-state index in [4.69, 9.17) is 5.73 Å². The van der Waals surface area contributed by atoms with E-state index in [2.05, 4.69) is 11.0 Å². The molecule has 1 aliphatic heterocycles. The number of rotatable bonds is 3. The van der Waals surface area contributed by atoms with E-state index < -0.39 is 0 Å². The fourth-order valence-corrected chi connectivity index (χ4v) is 3.26. The molecule has 24 heavy (non-hydrogen) atoms. The molecule has 124 valence electrons. The number of nitrogens with zero attached hydrogens (tertiary/aromatic N) is 3. The van der Waals surface area contributed by atoms with E-state index in [1.165, 1.54) is 0 Å². The number of hydrogen-bond acceptors (Lipinski definition) is 4. The third-order valence-corrected chi connectivity index (χ3v) is 4.59. The summed E-state index contributed by atoms with van der Waals surface area (Å²) in [6.07, 6.45) is 2.04. The van der Waals surface area contributed by atoms with Crippen LogP contribution in [0.15, 0.2) is 41.2 Å². The zero-order chi connectivity index (χ0) is 17.1. The third kappa shape index (κ3) is 3.19. The summed E-state index contributed by atoms with van der Waals surface area (Å²) in [6.45, 7) is 3.87. The summed E-state index contributed by atoms with van der Waals surface area (Å²) in [7, 11) is 0. The molecule has 0 unspecified atom stereocenters. The molecule has 5 nitrogen and oxygen atoms in total. The van der Waals surface area contributed by atoms with E-state index in [1.807, 2.05) is 37.3 Å². The number of nitriles is 1. The zero-order valence-corrected chi connectivity index (χ0v) is 13.9. The predicted octanol–water partition coefficient (Wildman–Crippen LogP) is 2.00. The van der Waals surface area contributed by atoms with Gasteiger partial charge in [-0.3, -0.25) is 9.36 Å². The van der Waals surface area contributed by atoms with Gasteiger partial charge in [-0.2, -0.15) is 5.26 Å². The first-order chi connectivity index (χ1) is 11.6. The Morgan fingerprint density at radius 2 is 2.08 bits per heavy atom. The number of pyridine rings is 1. The lowest BCUT2D eigenvalue weighted by atomic mass is 10.1. The van der Waals surface area contributed by atoms with Gasteiger partial charge in [0.1, 0.15) is 5.82 Å². The van der Waals surface area contributed by atoms with Crippen molar-refractivity contribution >= 4 is 5.82 Å². The highest BCUT2D eigenvalue weighted by atomic mass is 16.1. The van der Waals surface area contributed by atoms with Gasteiger partial charge in [0.25, 0.3) is 5.56 Å². The minimum absolute atomic E-state index is 0.0145. The van der Waals surface area contributed by atoms with Crippen LogP contribution in [0.25, 0.3) is 0 Å². The molecule has 1 saturated heterocycles. The summed E-state index contributed by atoms with van der Waals surface area (Å²) in [5.74, 6) is 0.883. The van der Waals surface area contributed by atoms with Crippen LogP contribution in [-0.4, -0.2) is 23.7 Å². The number of piperidine rings is 1. The van der Waals surface area contributed by atoms with E-state index in [9.17, 15) is 10.1 Å². The van der Waals surface area contributed by atoms with Crippen LogP contribution < -0.4 is 16.2 Å². The largest absolute Gasteiger partial charge is 0.356 e. The molecule has 0 aliphatic carbocycles. The minimum Gasteiger partial charge on any atom is -0.356 e. The second kappa shape index (κ2) is 6.90. The normalized spacial score (nSPS) is 17.5. The maximum absolute atomic E-state index is 12.7. The Bertz CT molecular complexity index is 834. The van der Waals surface area contributed by atoms with E-state index in [-0.39, 0.29) is 11.6 Å². The Hall–Kier alpha value is -2.58. The van der Waals surface area contributed by atoms with Crippen molar-refractivity contribution in [3.8, 4) is 6.07 Å². The molecule has 2 N–H and O–H groups in total. The van der Waals surface area contributed by atoms with Crippen molar-refractivity contribution in [1.29, 1.82) is 5.26 Å². The summed E-state index contributed by atoms with van der Waals surface area (Å²) < 4.78 is 1.77. The third-order valence-electron chi connectivity index (χ3n) is 4.59. The van der Waals surface area contributed by atoms with E-state index in [0.29, 0.717) is 17.7 Å². The first-order valence-corrected chi connectivity index (χ1v) is 8.29. The Morgan fingerprint density at radius 1 is 1.29 bits per heavy atom. The monoisotopic (exact) mass is 322 g/mol. The standard InChI is InChI=1S/C19H22N4O/c1-14-8-9-18(22-10-4-7-17(21)13-22)23(19(14)24)12-16-6-3-2-5-15(16)11-20/h2-3,5-6,8-9,17H,4,7,10,12-13,21H2,1H3/t17-/m1/s1. The van der Waals surface area contributed by atoms with Crippen molar-refractivity contribution < 1.29 is 0 Å². The van der Waals surface area contributed by atoms with Gasteiger partial charge < -0.3 is 10.6 Å². The lowest BCUT2D eigenvalue weighted by Gasteiger charge is -2.34. The van der Waals surface area contributed by atoms with Crippen molar-refractivity contribution in [3.05, 3.63) is 63.4 Å². The molecule has 1 aromatic heterocycles. The smallest absolute Gasteiger partial charge is 0.255 e. The lowest BCUT2D eigenvalue weighted by Crippen LogP contribution is -2.45. The molecule has 0 spiro atoms. The van der Waals surface area contributed by atoms with Gasteiger partial charge in [-0.25, -0.2) is 0 Å². The molecule has 3 rings (SSSR count). The van der Waals surface area contributed by atoms with Crippen LogP contribution in [0.4, 0.5) is 5.82 Å². The van der Waals surface area contributed by atoms with Crippen molar-refractivity contribution in [2.24, 2.45) is 5.73 Å². The number of nitrogens with two attached hydrogens (primary N) is 1. The molecule has 0 amide bonds. The summed E-state index contributed by atoms with van der Waals surface area (Å²) in [5.41, 5.74) is 8.26. The first kappa shape index (κ1) is 16.3. The van der Waals surface area contributed by atoms with Crippen LogP contribution in [0, 0.1) is 18.3 Å². The average molecular weight is 322 g/mol. The van der Waals surface area contributed by atoms with Crippen molar-refractivity contribution in [2.45, 2.75) is 32.4 Å². The van der Waals surface area contributed by atoms with Crippen molar-refractivity contribution in [1.82, 2.24) is 4.57 Å². The summed E-state index contributed by atoms with van der Waals surface area (Å²) in [6, 6.07) is 13.6. The molecule has 2 aromatic rings.